The van der Waals surface area contributed by atoms with Crippen LogP contribution in [0.4, 0.5) is 0 Å². The Bertz CT molecular complexity index is 62.0. The van der Waals surface area contributed by atoms with E-state index in [1.807, 2.05) is 12.2 Å². The van der Waals surface area contributed by atoms with Gasteiger partial charge < -0.3 is 0 Å². The van der Waals surface area contributed by atoms with E-state index >= 15 is 0 Å². The average molecular weight is 198 g/mol. The third kappa shape index (κ3) is 2.66. The summed E-state index contributed by atoms with van der Waals surface area (Å²) in [5.41, 5.74) is 0. The smallest absolute Gasteiger partial charge is 0.273 e. The Morgan fingerprint density at radius 2 is 2.33 bits per heavy atom. The van der Waals surface area contributed by atoms with E-state index in [9.17, 15) is 0 Å². The fraction of sp³-hybridized carbons (Fsp3) is 0.200. The molecule has 0 fully saturated rings. The van der Waals surface area contributed by atoms with E-state index in [1.54, 1.807) is 0 Å². The molecular formula is C5H5Cs. The summed E-state index contributed by atoms with van der Waals surface area (Å²) in [5, 5.41) is 0. The normalized spacial score (nSPS) is 14.7. The molecule has 0 radical (unpaired) electrons. The van der Waals surface area contributed by atoms with Gasteiger partial charge in [-0.25, -0.2) is 12.2 Å². The number of hydrogen-bond donors (Lipinski definition) is 0. The van der Waals surface area contributed by atoms with Gasteiger partial charge in [0.2, 0.25) is 0 Å². The van der Waals surface area contributed by atoms with Gasteiger partial charge in [0, 0.05) is 0 Å². The van der Waals surface area contributed by atoms with Crippen LogP contribution < -0.4 is 68.9 Å². The van der Waals surface area contributed by atoms with Gasteiger partial charge in [-0.2, -0.15) is 6.08 Å². The van der Waals surface area contributed by atoms with Crippen molar-refractivity contribution in [2.75, 3.05) is 0 Å². The topological polar surface area (TPSA) is 0 Å². The van der Waals surface area contributed by atoms with Gasteiger partial charge in [0.1, 0.15) is 0 Å². The Hall–Kier alpha value is 1.53. The summed E-state index contributed by atoms with van der Waals surface area (Å²) in [6, 6.07) is 0. The third-order valence-corrected chi connectivity index (χ3v) is 0.586. The van der Waals surface area contributed by atoms with Gasteiger partial charge in [-0.05, 0) is 0 Å². The second-order valence-electron chi connectivity index (χ2n) is 1.00. The number of hydrogen-bond acceptors (Lipinski definition) is 0. The predicted octanol–water partition coefficient (Wildman–Crippen LogP) is -1.69. The molecule has 6 heavy (non-hydrogen) atoms. The second-order valence-corrected chi connectivity index (χ2v) is 1.00. The Labute approximate surface area is 97.1 Å². The van der Waals surface area contributed by atoms with Gasteiger partial charge in [0.05, 0.1) is 0 Å². The molecule has 0 saturated carbocycles. The fourth-order valence-electron chi connectivity index (χ4n) is 0.340. The van der Waals surface area contributed by atoms with E-state index in [0.717, 1.165) is 6.42 Å². The first-order chi connectivity index (χ1) is 2.50. The monoisotopic (exact) mass is 198 g/mol. The summed E-state index contributed by atoms with van der Waals surface area (Å²) < 4.78 is 0. The summed E-state index contributed by atoms with van der Waals surface area (Å²) in [6.45, 7) is 0. The summed E-state index contributed by atoms with van der Waals surface area (Å²) >= 11 is 0. The van der Waals surface area contributed by atoms with Crippen LogP contribution in [-0.4, -0.2) is 0 Å². The zero-order valence-corrected chi connectivity index (χ0v) is 10.2. The first kappa shape index (κ1) is 7.53. The standard InChI is InChI=1S/C5H5.Cs/c1-2-4-5-3-1;/h1-3H,4H2;/q-1;+1. The molecule has 0 bridgehead atoms. The maximum absolute atomic E-state index is 2.99. The predicted molar refractivity (Wildman–Crippen MR) is 21.6 cm³/mol. The Kier molecular flexibility index (Phi) is 5.88. The van der Waals surface area contributed by atoms with Crippen LogP contribution in [0.25, 0.3) is 0 Å². The average Bonchev–Trinajstić information content (AvgIpc) is 1.76. The molecule has 1 aliphatic carbocycles. The molecule has 1 aliphatic rings. The minimum absolute atomic E-state index is 0. The van der Waals surface area contributed by atoms with E-state index in [0.29, 0.717) is 0 Å². The SMILES string of the molecule is [C-]1=CC=CC1.[Cs+]. The van der Waals surface area contributed by atoms with Crippen molar-refractivity contribution in [3.05, 3.63) is 24.3 Å². The van der Waals surface area contributed by atoms with Crippen molar-refractivity contribution in [2.45, 2.75) is 6.42 Å². The molecule has 0 spiro atoms. The number of allylic oxidation sites excluding steroid dienone is 4. The molecule has 1 rings (SSSR count). The van der Waals surface area contributed by atoms with Crippen LogP contribution in [-0.2, 0) is 0 Å². The molecule has 0 unspecified atom stereocenters. The Morgan fingerprint density at radius 1 is 1.50 bits per heavy atom. The van der Waals surface area contributed by atoms with Gasteiger partial charge in [-0.1, -0.05) is 0 Å². The van der Waals surface area contributed by atoms with E-state index < -0.39 is 0 Å². The molecule has 0 heterocycles. The van der Waals surface area contributed by atoms with Crippen molar-refractivity contribution in [2.24, 2.45) is 0 Å². The van der Waals surface area contributed by atoms with Crippen LogP contribution in [0.5, 0.6) is 0 Å². The first-order valence-electron chi connectivity index (χ1n) is 1.72. The molecule has 0 aromatic carbocycles. The third-order valence-electron chi connectivity index (χ3n) is 0.586. The van der Waals surface area contributed by atoms with Gasteiger partial charge >= 0.3 is 68.9 Å². The molecular weight excluding hydrogens is 193 g/mol. The summed E-state index contributed by atoms with van der Waals surface area (Å²) in [7, 11) is 0. The van der Waals surface area contributed by atoms with E-state index in [2.05, 4.69) is 12.2 Å². The van der Waals surface area contributed by atoms with E-state index in [1.165, 1.54) is 0 Å². The Balaban J connectivity index is 0.000000250. The molecule has 0 aromatic rings. The van der Waals surface area contributed by atoms with Gasteiger partial charge in [0.25, 0.3) is 0 Å². The van der Waals surface area contributed by atoms with Crippen molar-refractivity contribution in [1.29, 1.82) is 0 Å². The van der Waals surface area contributed by atoms with Gasteiger partial charge in [-0.15, -0.1) is 6.42 Å². The van der Waals surface area contributed by atoms with Crippen LogP contribution >= 0.6 is 0 Å². The maximum atomic E-state index is 2.99. The van der Waals surface area contributed by atoms with Crippen LogP contribution in [0.15, 0.2) is 18.2 Å². The summed E-state index contributed by atoms with van der Waals surface area (Å²) in [6.07, 6.45) is 10.0. The minimum Gasteiger partial charge on any atom is -0.273 e. The maximum Gasteiger partial charge on any atom is 1.00 e. The molecule has 0 nitrogen and oxygen atoms in total. The van der Waals surface area contributed by atoms with Crippen LogP contribution in [0.3, 0.4) is 0 Å². The Morgan fingerprint density at radius 3 is 2.50 bits per heavy atom. The zero-order chi connectivity index (χ0) is 3.54. The molecule has 0 aliphatic heterocycles. The van der Waals surface area contributed by atoms with Crippen molar-refractivity contribution in [3.8, 4) is 0 Å². The van der Waals surface area contributed by atoms with Crippen molar-refractivity contribution in [1.82, 2.24) is 0 Å². The number of rotatable bonds is 0. The van der Waals surface area contributed by atoms with Gasteiger partial charge in [-0.3, -0.25) is 6.08 Å². The van der Waals surface area contributed by atoms with Crippen molar-refractivity contribution in [3.63, 3.8) is 0 Å². The van der Waals surface area contributed by atoms with Crippen molar-refractivity contribution >= 4 is 0 Å². The summed E-state index contributed by atoms with van der Waals surface area (Å²) in [4.78, 5) is 0. The molecule has 0 N–H and O–H groups in total. The first-order valence-corrected chi connectivity index (χ1v) is 1.72. The van der Waals surface area contributed by atoms with E-state index in [-0.39, 0.29) is 68.9 Å². The quantitative estimate of drug-likeness (QED) is 0.407. The molecule has 0 saturated heterocycles. The van der Waals surface area contributed by atoms with Gasteiger partial charge in [0.15, 0.2) is 0 Å². The van der Waals surface area contributed by atoms with E-state index in [4.69, 9.17) is 0 Å². The largest absolute Gasteiger partial charge is 1.00 e. The van der Waals surface area contributed by atoms with Crippen molar-refractivity contribution < 1.29 is 68.9 Å². The molecule has 0 atom stereocenters. The zero-order valence-electron chi connectivity index (χ0n) is 3.94. The molecule has 26 valence electrons. The second kappa shape index (κ2) is 4.69. The molecule has 0 amide bonds. The minimum atomic E-state index is 0. The summed E-state index contributed by atoms with van der Waals surface area (Å²) in [5.74, 6) is 0. The van der Waals surface area contributed by atoms with Crippen LogP contribution in [0.1, 0.15) is 6.42 Å². The fourth-order valence-corrected chi connectivity index (χ4v) is 0.340. The molecule has 1 heteroatoms. The molecule has 0 aromatic heterocycles. The van der Waals surface area contributed by atoms with Crippen LogP contribution in [0.2, 0.25) is 0 Å². The van der Waals surface area contributed by atoms with Crippen LogP contribution in [0, 0.1) is 6.08 Å².